The molecule has 1 saturated carbocycles. The van der Waals surface area contributed by atoms with Crippen molar-refractivity contribution >= 4 is 22.6 Å². The highest BCUT2D eigenvalue weighted by Gasteiger charge is 2.29. The number of rotatable bonds is 5. The van der Waals surface area contributed by atoms with E-state index in [9.17, 15) is 14.7 Å². The molecule has 2 aromatic carbocycles. The molecule has 0 bridgehead atoms. The number of ketones is 1. The summed E-state index contributed by atoms with van der Waals surface area (Å²) < 4.78 is 5.45. The van der Waals surface area contributed by atoms with Gasteiger partial charge in [0.25, 0.3) is 5.91 Å². The van der Waals surface area contributed by atoms with Gasteiger partial charge in [0.15, 0.2) is 5.78 Å². The summed E-state index contributed by atoms with van der Waals surface area (Å²) in [6.07, 6.45) is 5.07. The van der Waals surface area contributed by atoms with Crippen molar-refractivity contribution < 1.29 is 19.4 Å². The third-order valence-electron chi connectivity index (χ3n) is 7.91. The number of aromatic nitrogens is 2. The number of phenols is 1. The van der Waals surface area contributed by atoms with Crippen LogP contribution in [0.5, 0.6) is 5.75 Å². The van der Waals surface area contributed by atoms with Crippen molar-refractivity contribution in [2.24, 2.45) is 5.92 Å². The predicted molar refractivity (Wildman–Crippen MR) is 135 cm³/mol. The largest absolute Gasteiger partial charge is 0.507 e. The standard InChI is InChI=1S/C28H32N4O4/c33-25-14-24-22(26(30-29-24)27(34)19-4-2-1-3-5-19)13-23(25)28(35)32-16-20-7-6-18(12-21(20)17-32)15-31-8-10-36-11-9-31/h6-7,12-14,19,33H,1-5,8-11,15-17H2,(H,29,30). The first-order chi connectivity index (χ1) is 17.6. The number of aromatic amines is 1. The van der Waals surface area contributed by atoms with Crippen LogP contribution in [0.3, 0.4) is 0 Å². The lowest BCUT2D eigenvalue weighted by Gasteiger charge is -2.26. The molecule has 3 heterocycles. The quantitative estimate of drug-likeness (QED) is 0.527. The van der Waals surface area contributed by atoms with E-state index in [0.717, 1.165) is 69.7 Å². The van der Waals surface area contributed by atoms with Gasteiger partial charge in [0.1, 0.15) is 11.4 Å². The van der Waals surface area contributed by atoms with E-state index in [2.05, 4.69) is 33.3 Å². The maximum atomic E-state index is 13.5. The van der Waals surface area contributed by atoms with Crippen LogP contribution in [-0.2, 0) is 24.4 Å². The summed E-state index contributed by atoms with van der Waals surface area (Å²) in [4.78, 5) is 30.8. The van der Waals surface area contributed by atoms with Crippen LogP contribution in [0, 0.1) is 5.92 Å². The van der Waals surface area contributed by atoms with E-state index in [1.54, 1.807) is 11.0 Å². The molecule has 0 spiro atoms. The first-order valence-electron chi connectivity index (χ1n) is 13.0. The van der Waals surface area contributed by atoms with Crippen LogP contribution < -0.4 is 0 Å². The van der Waals surface area contributed by atoms with Crippen molar-refractivity contribution in [3.05, 3.63) is 58.3 Å². The van der Waals surface area contributed by atoms with E-state index in [0.29, 0.717) is 29.7 Å². The lowest BCUT2D eigenvalue weighted by atomic mass is 9.84. The highest BCUT2D eigenvalue weighted by molar-refractivity contribution is 6.10. The third-order valence-corrected chi connectivity index (χ3v) is 7.91. The van der Waals surface area contributed by atoms with Gasteiger partial charge in [-0.3, -0.25) is 19.6 Å². The Morgan fingerprint density at radius 3 is 2.61 bits per heavy atom. The maximum absolute atomic E-state index is 13.5. The Kier molecular flexibility index (Phi) is 6.23. The minimum absolute atomic E-state index is 0.0158. The predicted octanol–water partition coefficient (Wildman–Crippen LogP) is 4.02. The molecule has 188 valence electrons. The van der Waals surface area contributed by atoms with Gasteiger partial charge in [-0.05, 0) is 35.6 Å². The van der Waals surface area contributed by atoms with E-state index in [4.69, 9.17) is 4.74 Å². The zero-order chi connectivity index (χ0) is 24.6. The second-order valence-corrected chi connectivity index (χ2v) is 10.3. The number of benzene rings is 2. The Labute approximate surface area is 210 Å². The molecule has 8 heteroatoms. The van der Waals surface area contributed by atoms with Crippen LogP contribution in [-0.4, -0.2) is 63.1 Å². The number of aromatic hydroxyl groups is 1. The Morgan fingerprint density at radius 2 is 1.81 bits per heavy atom. The average molecular weight is 489 g/mol. The maximum Gasteiger partial charge on any atom is 0.258 e. The molecule has 0 atom stereocenters. The van der Waals surface area contributed by atoms with Crippen molar-refractivity contribution in [2.75, 3.05) is 26.3 Å². The molecule has 3 aromatic rings. The van der Waals surface area contributed by atoms with Gasteiger partial charge in [-0.15, -0.1) is 0 Å². The summed E-state index contributed by atoms with van der Waals surface area (Å²) in [6.45, 7) is 5.29. The highest BCUT2D eigenvalue weighted by atomic mass is 16.5. The third kappa shape index (κ3) is 4.40. The molecule has 1 amide bonds. The molecule has 0 radical (unpaired) electrons. The number of morpholine rings is 1. The minimum Gasteiger partial charge on any atom is -0.507 e. The number of nitrogens with zero attached hydrogens (tertiary/aromatic N) is 3. The van der Waals surface area contributed by atoms with Gasteiger partial charge in [0.2, 0.25) is 0 Å². The molecular formula is C28H32N4O4. The summed E-state index contributed by atoms with van der Waals surface area (Å²) in [5, 5.41) is 18.4. The number of hydrogen-bond donors (Lipinski definition) is 2. The molecule has 0 unspecified atom stereocenters. The van der Waals surface area contributed by atoms with E-state index < -0.39 is 0 Å². The Hall–Kier alpha value is -3.23. The van der Waals surface area contributed by atoms with E-state index >= 15 is 0 Å². The Bertz CT molecular complexity index is 1300. The molecule has 36 heavy (non-hydrogen) atoms. The van der Waals surface area contributed by atoms with Gasteiger partial charge >= 0.3 is 0 Å². The number of carbonyl (C=O) groups is 2. The number of nitrogens with one attached hydrogen (secondary N) is 1. The molecular weight excluding hydrogens is 456 g/mol. The number of hydrogen-bond acceptors (Lipinski definition) is 6. The number of carbonyl (C=O) groups excluding carboxylic acids is 2. The van der Waals surface area contributed by atoms with Crippen LogP contribution in [0.4, 0.5) is 0 Å². The highest BCUT2D eigenvalue weighted by Crippen LogP contribution is 2.33. The first kappa shape index (κ1) is 23.2. The van der Waals surface area contributed by atoms with Crippen molar-refractivity contribution in [1.29, 1.82) is 0 Å². The van der Waals surface area contributed by atoms with Gasteiger partial charge in [-0.2, -0.15) is 5.10 Å². The smallest absolute Gasteiger partial charge is 0.258 e. The fourth-order valence-corrected chi connectivity index (χ4v) is 5.85. The number of amides is 1. The number of Topliss-reactive ketones (excluding diaryl/α,β-unsaturated/α-hetero) is 1. The summed E-state index contributed by atoms with van der Waals surface area (Å²) >= 11 is 0. The van der Waals surface area contributed by atoms with Crippen LogP contribution in [0.15, 0.2) is 30.3 Å². The van der Waals surface area contributed by atoms with E-state index in [-0.39, 0.29) is 28.9 Å². The van der Waals surface area contributed by atoms with Gasteiger partial charge in [-0.1, -0.05) is 37.5 Å². The topological polar surface area (TPSA) is 98.8 Å². The summed E-state index contributed by atoms with van der Waals surface area (Å²) in [5.41, 5.74) is 4.67. The number of ether oxygens (including phenoxy) is 1. The summed E-state index contributed by atoms with van der Waals surface area (Å²) in [5.74, 6) is -0.321. The second-order valence-electron chi connectivity index (χ2n) is 10.3. The SMILES string of the molecule is O=C(c1n[nH]c2cc(O)c(C(=O)N3Cc4ccc(CN5CCOCC5)cc4C3)cc12)C1CCCCC1. The lowest BCUT2D eigenvalue weighted by molar-refractivity contribution is 0.0342. The normalized spacial score (nSPS) is 19.1. The lowest BCUT2D eigenvalue weighted by Crippen LogP contribution is -2.35. The molecule has 2 N–H and O–H groups in total. The van der Waals surface area contributed by atoms with E-state index in [1.807, 2.05) is 0 Å². The number of fused-ring (bicyclic) bond motifs is 2. The molecule has 8 nitrogen and oxygen atoms in total. The van der Waals surface area contributed by atoms with Crippen LogP contribution in [0.25, 0.3) is 10.9 Å². The van der Waals surface area contributed by atoms with Crippen molar-refractivity contribution in [1.82, 2.24) is 20.0 Å². The Morgan fingerprint density at radius 1 is 1.03 bits per heavy atom. The molecule has 2 fully saturated rings. The molecule has 1 saturated heterocycles. The van der Waals surface area contributed by atoms with Crippen LogP contribution in [0.1, 0.15) is 69.6 Å². The van der Waals surface area contributed by atoms with E-state index in [1.165, 1.54) is 18.1 Å². The van der Waals surface area contributed by atoms with Crippen LogP contribution in [0.2, 0.25) is 0 Å². The van der Waals surface area contributed by atoms with Gasteiger partial charge in [0, 0.05) is 50.1 Å². The molecule has 1 aromatic heterocycles. The second kappa shape index (κ2) is 9.67. The monoisotopic (exact) mass is 488 g/mol. The van der Waals surface area contributed by atoms with Gasteiger partial charge in [-0.25, -0.2) is 0 Å². The first-order valence-corrected chi connectivity index (χ1v) is 13.0. The minimum atomic E-state index is -0.238. The Balaban J connectivity index is 1.22. The van der Waals surface area contributed by atoms with Crippen molar-refractivity contribution in [2.45, 2.75) is 51.7 Å². The van der Waals surface area contributed by atoms with Gasteiger partial charge < -0.3 is 14.7 Å². The van der Waals surface area contributed by atoms with Crippen molar-refractivity contribution in [3.8, 4) is 5.75 Å². The fourth-order valence-electron chi connectivity index (χ4n) is 5.85. The number of phenolic OH excluding ortho intramolecular Hbond substituents is 1. The fraction of sp³-hybridized carbons (Fsp3) is 0.464. The summed E-state index contributed by atoms with van der Waals surface area (Å²) in [6, 6.07) is 9.59. The summed E-state index contributed by atoms with van der Waals surface area (Å²) in [7, 11) is 0. The molecule has 2 aliphatic heterocycles. The van der Waals surface area contributed by atoms with Crippen LogP contribution >= 0.6 is 0 Å². The molecule has 1 aliphatic carbocycles. The number of H-pyrrole nitrogens is 1. The molecule has 6 rings (SSSR count). The zero-order valence-corrected chi connectivity index (χ0v) is 20.5. The van der Waals surface area contributed by atoms with Crippen molar-refractivity contribution in [3.63, 3.8) is 0 Å². The zero-order valence-electron chi connectivity index (χ0n) is 20.5. The molecule has 3 aliphatic rings. The average Bonchev–Trinajstić information content (AvgIpc) is 3.52. The van der Waals surface area contributed by atoms with Gasteiger partial charge in [0.05, 0.1) is 24.3 Å².